The first-order valence-corrected chi connectivity index (χ1v) is 5.24. The van der Waals surface area contributed by atoms with E-state index in [4.69, 9.17) is 5.84 Å². The van der Waals surface area contributed by atoms with E-state index in [1.807, 2.05) is 7.05 Å². The van der Waals surface area contributed by atoms with Crippen molar-refractivity contribution in [3.8, 4) is 0 Å². The number of nitrogens with zero attached hydrogens (tertiary/aromatic N) is 3. The molecule has 1 unspecified atom stereocenters. The smallest absolute Gasteiger partial charge is 0.160 e. The van der Waals surface area contributed by atoms with Crippen molar-refractivity contribution in [2.24, 2.45) is 11.8 Å². The molecule has 5 nitrogen and oxygen atoms in total. The maximum absolute atomic E-state index is 5.30. The minimum absolute atomic E-state index is 0.521. The first kappa shape index (κ1) is 10.2. The lowest BCUT2D eigenvalue weighted by atomic mass is 10.2. The molecular formula is C10H17N5. The second-order valence-corrected chi connectivity index (χ2v) is 4.10. The number of hydrogen-bond acceptors (Lipinski definition) is 5. The molecule has 1 aromatic rings. The molecule has 1 heterocycles. The highest BCUT2D eigenvalue weighted by Crippen LogP contribution is 2.35. The van der Waals surface area contributed by atoms with E-state index < -0.39 is 0 Å². The highest BCUT2D eigenvalue weighted by Gasteiger charge is 2.31. The highest BCUT2D eigenvalue weighted by atomic mass is 15.3. The molecule has 5 heteroatoms. The number of anilines is 2. The summed E-state index contributed by atoms with van der Waals surface area (Å²) in [6.07, 6.45) is 6.03. The van der Waals surface area contributed by atoms with Crippen molar-refractivity contribution in [1.82, 2.24) is 9.97 Å². The Kier molecular flexibility index (Phi) is 2.73. The predicted octanol–water partition coefficient (Wildman–Crippen LogP) is 0.997. The summed E-state index contributed by atoms with van der Waals surface area (Å²) < 4.78 is 0. The van der Waals surface area contributed by atoms with Gasteiger partial charge in [-0.3, -0.25) is 4.98 Å². The average molecular weight is 207 g/mol. The lowest BCUT2D eigenvalue weighted by Gasteiger charge is -2.25. The molecule has 0 radical (unpaired) electrons. The summed E-state index contributed by atoms with van der Waals surface area (Å²) in [6.45, 7) is 2.22. The molecule has 0 aliphatic heterocycles. The van der Waals surface area contributed by atoms with Gasteiger partial charge in [0.15, 0.2) is 5.82 Å². The van der Waals surface area contributed by atoms with E-state index >= 15 is 0 Å². The number of nitrogen functional groups attached to an aromatic ring is 1. The Hall–Kier alpha value is -1.36. The van der Waals surface area contributed by atoms with Gasteiger partial charge in [0.25, 0.3) is 0 Å². The maximum atomic E-state index is 5.30. The third-order valence-electron chi connectivity index (χ3n) is 3.05. The Morgan fingerprint density at radius 1 is 1.53 bits per heavy atom. The summed E-state index contributed by atoms with van der Waals surface area (Å²) in [5.41, 5.74) is 2.51. The fraction of sp³-hybridized carbons (Fsp3) is 0.600. The van der Waals surface area contributed by atoms with Crippen LogP contribution in [0.1, 0.15) is 19.8 Å². The van der Waals surface area contributed by atoms with Crippen molar-refractivity contribution in [3.05, 3.63) is 12.4 Å². The van der Waals surface area contributed by atoms with Crippen molar-refractivity contribution >= 4 is 11.6 Å². The van der Waals surface area contributed by atoms with Crippen LogP contribution in [-0.2, 0) is 0 Å². The van der Waals surface area contributed by atoms with Crippen molar-refractivity contribution in [1.29, 1.82) is 0 Å². The molecule has 1 saturated carbocycles. The van der Waals surface area contributed by atoms with Crippen LogP contribution in [0.2, 0.25) is 0 Å². The second kappa shape index (κ2) is 4.02. The lowest BCUT2D eigenvalue weighted by molar-refractivity contribution is 0.603. The summed E-state index contributed by atoms with van der Waals surface area (Å²) in [7, 11) is 2.05. The number of aromatic nitrogens is 2. The molecule has 3 N–H and O–H groups in total. The van der Waals surface area contributed by atoms with Gasteiger partial charge in [-0.05, 0) is 25.7 Å². The van der Waals surface area contributed by atoms with Crippen LogP contribution in [-0.4, -0.2) is 23.1 Å². The molecule has 0 bridgehead atoms. The van der Waals surface area contributed by atoms with E-state index in [0.29, 0.717) is 11.9 Å². The van der Waals surface area contributed by atoms with Crippen LogP contribution < -0.4 is 16.2 Å². The van der Waals surface area contributed by atoms with Gasteiger partial charge in [0.1, 0.15) is 5.82 Å². The van der Waals surface area contributed by atoms with E-state index in [-0.39, 0.29) is 0 Å². The lowest BCUT2D eigenvalue weighted by Crippen LogP contribution is -2.31. The van der Waals surface area contributed by atoms with Crippen LogP contribution in [0.15, 0.2) is 12.4 Å². The van der Waals surface area contributed by atoms with Gasteiger partial charge in [-0.15, -0.1) is 0 Å². The van der Waals surface area contributed by atoms with E-state index in [1.54, 1.807) is 12.4 Å². The van der Waals surface area contributed by atoms with Crippen LogP contribution in [0, 0.1) is 5.92 Å². The predicted molar refractivity (Wildman–Crippen MR) is 60.4 cm³/mol. The molecule has 0 saturated heterocycles. The van der Waals surface area contributed by atoms with Gasteiger partial charge in [-0.2, -0.15) is 0 Å². The van der Waals surface area contributed by atoms with Crippen molar-refractivity contribution in [2.45, 2.75) is 25.8 Å². The summed E-state index contributed by atoms with van der Waals surface area (Å²) in [5.74, 6) is 7.57. The van der Waals surface area contributed by atoms with Gasteiger partial charge in [-0.1, -0.05) is 0 Å². The number of rotatable bonds is 4. The normalized spacial score (nSPS) is 17.3. The fourth-order valence-corrected chi connectivity index (χ4v) is 1.70. The van der Waals surface area contributed by atoms with Gasteiger partial charge in [0.05, 0.1) is 12.4 Å². The molecule has 1 aliphatic rings. The largest absolute Gasteiger partial charge is 0.355 e. The zero-order chi connectivity index (χ0) is 10.8. The molecule has 0 aromatic carbocycles. The molecular weight excluding hydrogens is 190 g/mol. The molecule has 82 valence electrons. The third-order valence-corrected chi connectivity index (χ3v) is 3.05. The van der Waals surface area contributed by atoms with Crippen LogP contribution in [0.4, 0.5) is 11.6 Å². The van der Waals surface area contributed by atoms with Crippen LogP contribution in [0.3, 0.4) is 0 Å². The molecule has 1 fully saturated rings. The molecule has 1 aromatic heterocycles. The van der Waals surface area contributed by atoms with E-state index in [1.165, 1.54) is 12.8 Å². The monoisotopic (exact) mass is 207 g/mol. The first-order valence-electron chi connectivity index (χ1n) is 5.24. The molecule has 1 atom stereocenters. The van der Waals surface area contributed by atoms with Crippen LogP contribution in [0.25, 0.3) is 0 Å². The summed E-state index contributed by atoms with van der Waals surface area (Å²) in [5, 5.41) is 0. The third kappa shape index (κ3) is 2.18. The fourth-order valence-electron chi connectivity index (χ4n) is 1.70. The van der Waals surface area contributed by atoms with Crippen molar-refractivity contribution in [2.75, 3.05) is 17.4 Å². The van der Waals surface area contributed by atoms with Gasteiger partial charge < -0.3 is 10.3 Å². The summed E-state index contributed by atoms with van der Waals surface area (Å²) >= 11 is 0. The summed E-state index contributed by atoms with van der Waals surface area (Å²) in [6, 6.07) is 0.521. The number of nitrogens with one attached hydrogen (secondary N) is 1. The summed E-state index contributed by atoms with van der Waals surface area (Å²) in [4.78, 5) is 10.6. The minimum Gasteiger partial charge on any atom is -0.355 e. The first-order chi connectivity index (χ1) is 7.22. The van der Waals surface area contributed by atoms with Gasteiger partial charge in [-0.25, -0.2) is 10.8 Å². The number of nitrogens with two attached hydrogens (primary N) is 1. The SMILES string of the molecule is CC(C1CC1)N(C)c1cncc(NN)n1. The zero-order valence-corrected chi connectivity index (χ0v) is 9.14. The highest BCUT2D eigenvalue weighted by molar-refractivity contribution is 5.43. The zero-order valence-electron chi connectivity index (χ0n) is 9.14. The quantitative estimate of drug-likeness (QED) is 0.569. The number of hydrogen-bond donors (Lipinski definition) is 2. The molecule has 1 aliphatic carbocycles. The average Bonchev–Trinajstić information content (AvgIpc) is 3.11. The van der Waals surface area contributed by atoms with Gasteiger partial charge in [0, 0.05) is 13.1 Å². The minimum atomic E-state index is 0.521. The molecule has 15 heavy (non-hydrogen) atoms. The number of hydrazine groups is 1. The Bertz CT molecular complexity index is 336. The van der Waals surface area contributed by atoms with E-state index in [0.717, 1.165) is 11.7 Å². The molecule has 0 amide bonds. The van der Waals surface area contributed by atoms with E-state index in [9.17, 15) is 0 Å². The van der Waals surface area contributed by atoms with E-state index in [2.05, 4.69) is 27.2 Å². The Morgan fingerprint density at radius 3 is 2.87 bits per heavy atom. The van der Waals surface area contributed by atoms with Crippen molar-refractivity contribution in [3.63, 3.8) is 0 Å². The Labute approximate surface area is 89.7 Å². The topological polar surface area (TPSA) is 67.1 Å². The Balaban J connectivity index is 2.12. The molecule has 0 spiro atoms. The van der Waals surface area contributed by atoms with Gasteiger partial charge >= 0.3 is 0 Å². The molecule has 2 rings (SSSR count). The van der Waals surface area contributed by atoms with Crippen LogP contribution in [0.5, 0.6) is 0 Å². The maximum Gasteiger partial charge on any atom is 0.160 e. The van der Waals surface area contributed by atoms with Crippen molar-refractivity contribution < 1.29 is 0 Å². The van der Waals surface area contributed by atoms with Crippen LogP contribution >= 0.6 is 0 Å². The standard InChI is InChI=1S/C10H17N5/c1-7(8-3-4-8)15(2)10-6-12-5-9(13-10)14-11/h5-8H,3-4,11H2,1-2H3,(H,13,14). The Morgan fingerprint density at radius 2 is 2.27 bits per heavy atom. The second-order valence-electron chi connectivity index (χ2n) is 4.10. The van der Waals surface area contributed by atoms with Gasteiger partial charge in [0.2, 0.25) is 0 Å².